The predicted molar refractivity (Wildman–Crippen MR) is 117 cm³/mol. The summed E-state index contributed by atoms with van der Waals surface area (Å²) in [5.41, 5.74) is 2.92. The number of nitrogens with zero attached hydrogens (tertiary/aromatic N) is 4. The largest absolute Gasteiger partial charge is 0.313 e. The van der Waals surface area contributed by atoms with E-state index in [1.807, 2.05) is 31.3 Å². The molecule has 1 aliphatic carbocycles. The minimum Gasteiger partial charge on any atom is -0.313 e. The molecule has 1 aromatic heterocycles. The van der Waals surface area contributed by atoms with Gasteiger partial charge in [0.25, 0.3) is 0 Å². The highest BCUT2D eigenvalue weighted by Gasteiger charge is 2.49. The number of amides is 1. The lowest BCUT2D eigenvalue weighted by Gasteiger charge is -2.17. The molecule has 29 heavy (non-hydrogen) atoms. The number of benzene rings is 2. The maximum Gasteiger partial charge on any atom is 0.227 e. The summed E-state index contributed by atoms with van der Waals surface area (Å²) in [6.45, 7) is 0.752. The Morgan fingerprint density at radius 3 is 2.45 bits per heavy atom. The molecular formula is C22H22Cl2N4O. The number of rotatable bonds is 4. The molecule has 1 aliphatic heterocycles. The lowest BCUT2D eigenvalue weighted by molar-refractivity contribution is -0.117. The number of carbonyl (C=O) groups is 1. The SMILES string of the molecule is Cl.Cn1c(-c2ccc(N3CCCC3=O)cc2Cl)nnc1C1(c2ccccc2)CC1. The van der Waals surface area contributed by atoms with Crippen molar-refractivity contribution < 1.29 is 4.79 Å². The molecule has 0 radical (unpaired) electrons. The van der Waals surface area contributed by atoms with E-state index < -0.39 is 0 Å². The lowest BCUT2D eigenvalue weighted by Crippen LogP contribution is -2.23. The van der Waals surface area contributed by atoms with Gasteiger partial charge in [-0.15, -0.1) is 22.6 Å². The number of aromatic nitrogens is 3. The molecule has 0 bridgehead atoms. The summed E-state index contributed by atoms with van der Waals surface area (Å²) in [6, 6.07) is 16.3. The van der Waals surface area contributed by atoms with Crippen LogP contribution in [0.1, 0.15) is 37.1 Å². The first-order valence-electron chi connectivity index (χ1n) is 9.66. The molecule has 2 aromatic carbocycles. The van der Waals surface area contributed by atoms with Gasteiger partial charge >= 0.3 is 0 Å². The normalized spacial score (nSPS) is 17.3. The van der Waals surface area contributed by atoms with E-state index in [1.54, 1.807) is 4.90 Å². The van der Waals surface area contributed by atoms with Gasteiger partial charge in [0.2, 0.25) is 5.91 Å². The monoisotopic (exact) mass is 428 g/mol. The number of anilines is 1. The van der Waals surface area contributed by atoms with Crippen molar-refractivity contribution >= 4 is 35.6 Å². The molecule has 3 aromatic rings. The summed E-state index contributed by atoms with van der Waals surface area (Å²) in [7, 11) is 2.00. The Kier molecular flexibility index (Phi) is 5.13. The fourth-order valence-corrected chi connectivity index (χ4v) is 4.54. The lowest BCUT2D eigenvalue weighted by atomic mass is 9.95. The Bertz CT molecular complexity index is 1060. The molecule has 7 heteroatoms. The van der Waals surface area contributed by atoms with Crippen LogP contribution in [0.15, 0.2) is 48.5 Å². The molecule has 1 amide bonds. The minimum absolute atomic E-state index is 0. The fourth-order valence-electron chi connectivity index (χ4n) is 4.28. The van der Waals surface area contributed by atoms with Crippen LogP contribution in [0, 0.1) is 0 Å². The molecule has 2 heterocycles. The molecule has 2 fully saturated rings. The van der Waals surface area contributed by atoms with E-state index in [4.69, 9.17) is 11.6 Å². The summed E-state index contributed by atoms with van der Waals surface area (Å²) in [4.78, 5) is 13.8. The quantitative estimate of drug-likeness (QED) is 0.601. The first kappa shape index (κ1) is 19.9. The van der Waals surface area contributed by atoms with Crippen molar-refractivity contribution in [1.82, 2.24) is 14.8 Å². The van der Waals surface area contributed by atoms with Crippen molar-refractivity contribution in [3.05, 3.63) is 64.9 Å². The number of halogens is 2. The second-order valence-electron chi connectivity index (χ2n) is 7.67. The average molecular weight is 429 g/mol. The van der Waals surface area contributed by atoms with Gasteiger partial charge in [0, 0.05) is 31.3 Å². The average Bonchev–Trinajstić information content (AvgIpc) is 3.26. The van der Waals surface area contributed by atoms with Crippen LogP contribution in [0.4, 0.5) is 5.69 Å². The standard InChI is InChI=1S/C22H21ClN4O.ClH/c1-26-20(17-10-9-16(14-18(17)23)27-13-5-8-19(27)28)24-25-21(26)22(11-12-22)15-6-3-2-4-7-15;/h2-4,6-7,9-10,14H,5,8,11-13H2,1H3;1H. The van der Waals surface area contributed by atoms with E-state index in [0.717, 1.165) is 48.7 Å². The van der Waals surface area contributed by atoms with Gasteiger partial charge in [-0.3, -0.25) is 4.79 Å². The molecule has 0 spiro atoms. The van der Waals surface area contributed by atoms with Gasteiger partial charge in [0.15, 0.2) is 5.82 Å². The van der Waals surface area contributed by atoms with Crippen LogP contribution in [0.5, 0.6) is 0 Å². The zero-order valence-corrected chi connectivity index (χ0v) is 17.7. The maximum absolute atomic E-state index is 12.0. The molecule has 2 aliphatic rings. The van der Waals surface area contributed by atoms with Crippen LogP contribution in [0.3, 0.4) is 0 Å². The molecule has 1 saturated carbocycles. The van der Waals surface area contributed by atoms with Crippen LogP contribution >= 0.6 is 24.0 Å². The van der Waals surface area contributed by atoms with Crippen molar-refractivity contribution in [3.63, 3.8) is 0 Å². The highest BCUT2D eigenvalue weighted by atomic mass is 35.5. The molecule has 150 valence electrons. The van der Waals surface area contributed by atoms with E-state index in [1.165, 1.54) is 5.56 Å². The van der Waals surface area contributed by atoms with Crippen LogP contribution < -0.4 is 4.90 Å². The van der Waals surface area contributed by atoms with Crippen molar-refractivity contribution in [2.75, 3.05) is 11.4 Å². The van der Waals surface area contributed by atoms with Crippen molar-refractivity contribution in [3.8, 4) is 11.4 Å². The first-order valence-corrected chi connectivity index (χ1v) is 10.0. The second kappa shape index (κ2) is 7.47. The fraction of sp³-hybridized carbons (Fsp3) is 0.318. The van der Waals surface area contributed by atoms with Gasteiger partial charge in [-0.05, 0) is 43.0 Å². The third kappa shape index (κ3) is 3.22. The summed E-state index contributed by atoms with van der Waals surface area (Å²) < 4.78 is 2.06. The van der Waals surface area contributed by atoms with Crippen molar-refractivity contribution in [2.45, 2.75) is 31.1 Å². The molecule has 1 saturated heterocycles. The summed E-state index contributed by atoms with van der Waals surface area (Å²) in [5, 5.41) is 9.60. The third-order valence-electron chi connectivity index (χ3n) is 5.96. The molecule has 0 atom stereocenters. The zero-order chi connectivity index (χ0) is 19.3. The maximum atomic E-state index is 12.0. The molecule has 0 unspecified atom stereocenters. The highest BCUT2D eigenvalue weighted by Crippen LogP contribution is 2.53. The van der Waals surface area contributed by atoms with Crippen LogP contribution in [-0.4, -0.2) is 27.2 Å². The van der Waals surface area contributed by atoms with Crippen LogP contribution in [0.25, 0.3) is 11.4 Å². The molecule has 5 nitrogen and oxygen atoms in total. The van der Waals surface area contributed by atoms with Crippen LogP contribution in [0.2, 0.25) is 5.02 Å². The van der Waals surface area contributed by atoms with E-state index in [2.05, 4.69) is 39.0 Å². The molecule has 5 rings (SSSR count). The Balaban J connectivity index is 0.00000205. The Morgan fingerprint density at radius 2 is 1.83 bits per heavy atom. The van der Waals surface area contributed by atoms with Gasteiger partial charge in [0.05, 0.1) is 10.4 Å². The number of hydrogen-bond donors (Lipinski definition) is 0. The zero-order valence-electron chi connectivity index (χ0n) is 16.1. The topological polar surface area (TPSA) is 51.0 Å². The number of carbonyl (C=O) groups excluding carboxylic acids is 1. The molecule has 0 N–H and O–H groups in total. The van der Waals surface area contributed by atoms with E-state index >= 15 is 0 Å². The molecular weight excluding hydrogens is 407 g/mol. The van der Waals surface area contributed by atoms with Gasteiger partial charge in [-0.25, -0.2) is 0 Å². The van der Waals surface area contributed by atoms with Gasteiger partial charge in [-0.2, -0.15) is 0 Å². The summed E-state index contributed by atoms with van der Waals surface area (Å²) in [5.74, 6) is 1.88. The first-order chi connectivity index (χ1) is 13.6. The van der Waals surface area contributed by atoms with E-state index in [9.17, 15) is 4.79 Å². The van der Waals surface area contributed by atoms with Crippen LogP contribution in [-0.2, 0) is 17.3 Å². The summed E-state index contributed by atoms with van der Waals surface area (Å²) >= 11 is 6.60. The van der Waals surface area contributed by atoms with Crippen molar-refractivity contribution in [2.24, 2.45) is 7.05 Å². The van der Waals surface area contributed by atoms with E-state index in [-0.39, 0.29) is 23.7 Å². The Labute approximate surface area is 181 Å². The Morgan fingerprint density at radius 1 is 1.07 bits per heavy atom. The van der Waals surface area contributed by atoms with E-state index in [0.29, 0.717) is 11.4 Å². The van der Waals surface area contributed by atoms with Gasteiger partial charge < -0.3 is 9.47 Å². The highest BCUT2D eigenvalue weighted by molar-refractivity contribution is 6.33. The van der Waals surface area contributed by atoms with Gasteiger partial charge in [0.1, 0.15) is 5.82 Å². The third-order valence-corrected chi connectivity index (χ3v) is 6.27. The smallest absolute Gasteiger partial charge is 0.227 e. The summed E-state index contributed by atoms with van der Waals surface area (Å²) in [6.07, 6.45) is 3.65. The predicted octanol–water partition coefficient (Wildman–Crippen LogP) is 4.76. The number of hydrogen-bond acceptors (Lipinski definition) is 3. The minimum atomic E-state index is -0.0460. The second-order valence-corrected chi connectivity index (χ2v) is 8.07. The van der Waals surface area contributed by atoms with Gasteiger partial charge in [-0.1, -0.05) is 41.9 Å². The Hall–Kier alpha value is -2.37. The van der Waals surface area contributed by atoms with Crippen molar-refractivity contribution in [1.29, 1.82) is 0 Å².